The van der Waals surface area contributed by atoms with Crippen LogP contribution in [0.2, 0.25) is 0 Å². The molecule has 1 aliphatic rings. The van der Waals surface area contributed by atoms with Gasteiger partial charge in [0.2, 0.25) is 0 Å². The van der Waals surface area contributed by atoms with E-state index in [2.05, 4.69) is 59.7 Å². The fourth-order valence-electron chi connectivity index (χ4n) is 3.37. The van der Waals surface area contributed by atoms with E-state index < -0.39 is 0 Å². The number of hydrogen-bond donors (Lipinski definition) is 0. The molecule has 3 heteroatoms. The number of piperidine rings is 1. The van der Waals surface area contributed by atoms with E-state index in [0.717, 1.165) is 19.5 Å². The number of rotatable bonds is 7. The average Bonchev–Trinajstić information content (AvgIpc) is 3.09. The maximum absolute atomic E-state index is 6.39. The highest BCUT2D eigenvalue weighted by atomic mass is 32.1. The van der Waals surface area contributed by atoms with Crippen molar-refractivity contribution in [2.45, 2.75) is 51.4 Å². The molecule has 23 heavy (non-hydrogen) atoms. The van der Waals surface area contributed by atoms with Gasteiger partial charge in [-0.1, -0.05) is 36.4 Å². The summed E-state index contributed by atoms with van der Waals surface area (Å²) in [5.41, 5.74) is 1.15. The number of hydrogen-bond acceptors (Lipinski definition) is 3. The van der Waals surface area contributed by atoms with Gasteiger partial charge in [0.25, 0.3) is 0 Å². The number of likely N-dealkylation sites (tertiary alicyclic amines) is 1. The van der Waals surface area contributed by atoms with Crippen LogP contribution >= 0.6 is 11.3 Å². The number of aryl methyl sites for hydroxylation is 1. The summed E-state index contributed by atoms with van der Waals surface area (Å²) in [7, 11) is 0. The summed E-state index contributed by atoms with van der Waals surface area (Å²) in [5, 5.41) is 2.17. The topological polar surface area (TPSA) is 12.5 Å². The summed E-state index contributed by atoms with van der Waals surface area (Å²) in [6.07, 6.45) is 6.10. The highest BCUT2D eigenvalue weighted by Gasteiger charge is 2.34. The van der Waals surface area contributed by atoms with E-state index in [-0.39, 0.29) is 5.72 Å². The molecule has 0 spiro atoms. The van der Waals surface area contributed by atoms with Crippen LogP contribution in [0.4, 0.5) is 0 Å². The molecule has 1 atom stereocenters. The van der Waals surface area contributed by atoms with Gasteiger partial charge in [-0.05, 0) is 56.0 Å². The van der Waals surface area contributed by atoms with Gasteiger partial charge in [-0.2, -0.15) is 0 Å². The molecular formula is C20H27NOS. The first kappa shape index (κ1) is 16.7. The first-order valence-corrected chi connectivity index (χ1v) is 9.60. The highest BCUT2D eigenvalue weighted by molar-refractivity contribution is 7.09. The van der Waals surface area contributed by atoms with Gasteiger partial charge in [-0.3, -0.25) is 4.90 Å². The van der Waals surface area contributed by atoms with Crippen molar-refractivity contribution in [3.05, 3.63) is 58.3 Å². The van der Waals surface area contributed by atoms with Crippen molar-refractivity contribution in [3.63, 3.8) is 0 Å². The van der Waals surface area contributed by atoms with Crippen molar-refractivity contribution in [3.8, 4) is 0 Å². The highest BCUT2D eigenvalue weighted by Crippen LogP contribution is 2.30. The Morgan fingerprint density at radius 1 is 1.13 bits per heavy atom. The molecule has 1 fully saturated rings. The molecule has 1 unspecified atom stereocenters. The molecule has 1 saturated heterocycles. The van der Waals surface area contributed by atoms with Gasteiger partial charge >= 0.3 is 0 Å². The predicted octanol–water partition coefficient (Wildman–Crippen LogP) is 5.10. The Bertz CT molecular complexity index is 569. The quantitative estimate of drug-likeness (QED) is 0.701. The molecule has 124 valence electrons. The Labute approximate surface area is 144 Å². The molecule has 0 N–H and O–H groups in total. The van der Waals surface area contributed by atoms with E-state index in [1.165, 1.54) is 36.1 Å². The average molecular weight is 330 g/mol. The van der Waals surface area contributed by atoms with Crippen molar-refractivity contribution in [1.82, 2.24) is 4.90 Å². The first-order chi connectivity index (χ1) is 11.3. The number of nitrogens with zero attached hydrogens (tertiary/aromatic N) is 1. The summed E-state index contributed by atoms with van der Waals surface area (Å²) in [5.74, 6) is 0. The zero-order valence-electron chi connectivity index (χ0n) is 14.0. The first-order valence-electron chi connectivity index (χ1n) is 8.72. The Morgan fingerprint density at radius 2 is 2.00 bits per heavy atom. The summed E-state index contributed by atoms with van der Waals surface area (Å²) < 4.78 is 6.39. The maximum atomic E-state index is 6.39. The summed E-state index contributed by atoms with van der Waals surface area (Å²) in [6, 6.07) is 14.9. The Balaban J connectivity index is 1.53. The van der Waals surface area contributed by atoms with E-state index in [0.29, 0.717) is 6.61 Å². The van der Waals surface area contributed by atoms with Gasteiger partial charge in [0.15, 0.2) is 0 Å². The van der Waals surface area contributed by atoms with Gasteiger partial charge in [0.05, 0.1) is 6.61 Å². The second kappa shape index (κ2) is 8.09. The van der Waals surface area contributed by atoms with Gasteiger partial charge in [0.1, 0.15) is 5.72 Å². The largest absolute Gasteiger partial charge is 0.356 e. The predicted molar refractivity (Wildman–Crippen MR) is 97.7 cm³/mol. The van der Waals surface area contributed by atoms with Gasteiger partial charge < -0.3 is 4.74 Å². The van der Waals surface area contributed by atoms with Crippen LogP contribution in [0.5, 0.6) is 0 Å². The van der Waals surface area contributed by atoms with Crippen LogP contribution in [0, 0.1) is 0 Å². The second-order valence-corrected chi connectivity index (χ2v) is 7.61. The van der Waals surface area contributed by atoms with E-state index >= 15 is 0 Å². The molecule has 0 aliphatic carbocycles. The molecule has 0 bridgehead atoms. The SMILES string of the molecule is CC1(OCc2ccccc2)CCCCN1CCCc1cccs1. The van der Waals surface area contributed by atoms with Crippen molar-refractivity contribution in [2.24, 2.45) is 0 Å². The Hall–Kier alpha value is -1.16. The number of thiophene rings is 1. The second-order valence-electron chi connectivity index (χ2n) is 6.58. The van der Waals surface area contributed by atoms with Crippen LogP contribution in [-0.2, 0) is 17.8 Å². The standard InChI is InChI=1S/C20H27NOS/c1-20(22-17-18-9-3-2-4-10-18)13-5-6-14-21(20)15-7-11-19-12-8-16-23-19/h2-4,8-10,12,16H,5-7,11,13-15,17H2,1H3. The van der Waals surface area contributed by atoms with E-state index in [1.807, 2.05) is 11.3 Å². The molecule has 0 amide bonds. The lowest BCUT2D eigenvalue weighted by Crippen LogP contribution is -2.51. The molecular weight excluding hydrogens is 302 g/mol. The summed E-state index contributed by atoms with van der Waals surface area (Å²) in [4.78, 5) is 4.06. The lowest BCUT2D eigenvalue weighted by atomic mass is 9.99. The molecule has 3 rings (SSSR count). The Morgan fingerprint density at radius 3 is 2.78 bits per heavy atom. The van der Waals surface area contributed by atoms with Crippen LogP contribution in [0.25, 0.3) is 0 Å². The lowest BCUT2D eigenvalue weighted by molar-refractivity contribution is -0.171. The van der Waals surface area contributed by atoms with Crippen LogP contribution < -0.4 is 0 Å². The fourth-order valence-corrected chi connectivity index (χ4v) is 4.13. The third-order valence-corrected chi connectivity index (χ3v) is 5.75. The summed E-state index contributed by atoms with van der Waals surface area (Å²) in [6.45, 7) is 5.28. The Kier molecular flexibility index (Phi) is 5.87. The minimum atomic E-state index is -0.108. The van der Waals surface area contributed by atoms with Gasteiger partial charge in [0, 0.05) is 18.0 Å². The third kappa shape index (κ3) is 4.66. The molecule has 1 aromatic heterocycles. The van der Waals surface area contributed by atoms with Crippen molar-refractivity contribution in [2.75, 3.05) is 13.1 Å². The van der Waals surface area contributed by atoms with E-state index in [4.69, 9.17) is 4.74 Å². The maximum Gasteiger partial charge on any atom is 0.119 e. The normalized spacial score (nSPS) is 22.3. The van der Waals surface area contributed by atoms with Gasteiger partial charge in [-0.25, -0.2) is 0 Å². The van der Waals surface area contributed by atoms with Crippen LogP contribution in [0.15, 0.2) is 47.8 Å². The van der Waals surface area contributed by atoms with Crippen molar-refractivity contribution in [1.29, 1.82) is 0 Å². The molecule has 0 saturated carbocycles. The zero-order chi connectivity index (χ0) is 16.0. The smallest absolute Gasteiger partial charge is 0.119 e. The van der Waals surface area contributed by atoms with Crippen LogP contribution in [0.1, 0.15) is 43.0 Å². The molecule has 2 nitrogen and oxygen atoms in total. The van der Waals surface area contributed by atoms with Crippen molar-refractivity contribution >= 4 is 11.3 Å². The van der Waals surface area contributed by atoms with E-state index in [9.17, 15) is 0 Å². The monoisotopic (exact) mass is 329 g/mol. The van der Waals surface area contributed by atoms with Crippen molar-refractivity contribution < 1.29 is 4.74 Å². The molecule has 1 aromatic carbocycles. The van der Waals surface area contributed by atoms with Gasteiger partial charge in [-0.15, -0.1) is 11.3 Å². The molecule has 1 aliphatic heterocycles. The minimum Gasteiger partial charge on any atom is -0.356 e. The third-order valence-electron chi connectivity index (χ3n) is 4.81. The number of ether oxygens (including phenoxy) is 1. The van der Waals surface area contributed by atoms with Crippen LogP contribution in [0.3, 0.4) is 0 Å². The summed E-state index contributed by atoms with van der Waals surface area (Å²) >= 11 is 1.87. The van der Waals surface area contributed by atoms with Crippen LogP contribution in [-0.4, -0.2) is 23.7 Å². The van der Waals surface area contributed by atoms with E-state index in [1.54, 1.807) is 0 Å². The molecule has 0 radical (unpaired) electrons. The number of benzene rings is 1. The minimum absolute atomic E-state index is 0.108. The molecule has 2 heterocycles. The zero-order valence-corrected chi connectivity index (χ0v) is 14.9. The molecule has 2 aromatic rings. The fraction of sp³-hybridized carbons (Fsp3) is 0.500. The lowest BCUT2D eigenvalue weighted by Gasteiger charge is -2.44.